The van der Waals surface area contributed by atoms with Crippen LogP contribution in [-0.2, 0) is 0 Å². The maximum absolute atomic E-state index is 4.40. The molecule has 0 aliphatic rings. The van der Waals surface area contributed by atoms with Crippen LogP contribution in [-0.4, -0.2) is 14.8 Å². The number of nitrogens with zero attached hydrogens (tertiary/aromatic N) is 3. The molecule has 16 heavy (non-hydrogen) atoms. The van der Waals surface area contributed by atoms with Crippen LogP contribution in [0.25, 0.3) is 16.8 Å². The highest BCUT2D eigenvalue weighted by Gasteiger charge is 2.03. The zero-order valence-electron chi connectivity index (χ0n) is 8.34. The number of aromatic nitrogens is 3. The normalized spacial score (nSPS) is 10.8. The fraction of sp³-hybridized carbons (Fsp3) is 0. The van der Waals surface area contributed by atoms with Gasteiger partial charge in [0.2, 0.25) is 0 Å². The summed E-state index contributed by atoms with van der Waals surface area (Å²) in [4.78, 5) is 0. The Morgan fingerprint density at radius 3 is 2.62 bits per heavy atom. The molecule has 0 aliphatic heterocycles. The van der Waals surface area contributed by atoms with E-state index >= 15 is 0 Å². The molecule has 0 aliphatic carbocycles. The van der Waals surface area contributed by atoms with Crippen LogP contribution >= 0.6 is 15.9 Å². The van der Waals surface area contributed by atoms with Gasteiger partial charge < -0.3 is 0 Å². The van der Waals surface area contributed by atoms with Gasteiger partial charge in [-0.2, -0.15) is 9.73 Å². The highest BCUT2D eigenvalue weighted by Crippen LogP contribution is 2.21. The molecule has 3 rings (SSSR count). The molecule has 78 valence electrons. The van der Waals surface area contributed by atoms with Crippen molar-refractivity contribution in [1.82, 2.24) is 14.8 Å². The molecule has 0 saturated heterocycles. The van der Waals surface area contributed by atoms with Crippen LogP contribution in [0, 0.1) is 0 Å². The van der Waals surface area contributed by atoms with Gasteiger partial charge in [0.25, 0.3) is 0 Å². The van der Waals surface area contributed by atoms with Crippen molar-refractivity contribution in [3.05, 3.63) is 53.1 Å². The predicted molar refractivity (Wildman–Crippen MR) is 66.1 cm³/mol. The van der Waals surface area contributed by atoms with Gasteiger partial charge >= 0.3 is 0 Å². The van der Waals surface area contributed by atoms with Gasteiger partial charge in [-0.25, -0.2) is 0 Å². The van der Waals surface area contributed by atoms with Crippen molar-refractivity contribution in [2.24, 2.45) is 0 Å². The van der Waals surface area contributed by atoms with Crippen LogP contribution < -0.4 is 0 Å². The Bertz CT molecular complexity index is 595. The molecule has 0 amide bonds. The minimum Gasteiger partial charge on any atom is -0.159 e. The first-order valence-electron chi connectivity index (χ1n) is 4.90. The van der Waals surface area contributed by atoms with Crippen LogP contribution in [0.5, 0.6) is 0 Å². The number of halogens is 1. The number of fused-ring (bicyclic) bond motifs is 1. The zero-order valence-corrected chi connectivity index (χ0v) is 9.92. The second-order valence-corrected chi connectivity index (χ2v) is 4.39. The van der Waals surface area contributed by atoms with E-state index in [1.165, 1.54) is 0 Å². The topological polar surface area (TPSA) is 30.2 Å². The molecule has 0 spiro atoms. The molecular formula is C12H8BrN3. The first kappa shape index (κ1) is 9.54. The van der Waals surface area contributed by atoms with Crippen molar-refractivity contribution in [1.29, 1.82) is 0 Å². The van der Waals surface area contributed by atoms with Crippen molar-refractivity contribution < 1.29 is 0 Å². The molecule has 2 aromatic heterocycles. The Hall–Kier alpha value is -1.68. The summed E-state index contributed by atoms with van der Waals surface area (Å²) in [6, 6.07) is 14.0. The highest BCUT2D eigenvalue weighted by molar-refractivity contribution is 9.10. The van der Waals surface area contributed by atoms with Gasteiger partial charge in [-0.1, -0.05) is 28.1 Å². The maximum Gasteiger partial charge on any atom is 0.0951 e. The van der Waals surface area contributed by atoms with E-state index in [0.717, 1.165) is 21.2 Å². The SMILES string of the molecule is Brc1ccc(-c2cc3cccnn3n2)cc1. The summed E-state index contributed by atoms with van der Waals surface area (Å²) in [7, 11) is 0. The third-order valence-electron chi connectivity index (χ3n) is 2.39. The van der Waals surface area contributed by atoms with E-state index in [1.54, 1.807) is 10.8 Å². The van der Waals surface area contributed by atoms with Gasteiger partial charge in [0.1, 0.15) is 0 Å². The van der Waals surface area contributed by atoms with Gasteiger partial charge in [-0.15, -0.1) is 5.10 Å². The molecule has 0 saturated carbocycles. The number of rotatable bonds is 1. The largest absolute Gasteiger partial charge is 0.159 e. The second kappa shape index (κ2) is 3.72. The molecule has 2 heterocycles. The Kier molecular flexibility index (Phi) is 2.22. The minimum atomic E-state index is 0.936. The summed E-state index contributed by atoms with van der Waals surface area (Å²) in [5, 5.41) is 8.54. The Morgan fingerprint density at radius 2 is 1.88 bits per heavy atom. The predicted octanol–water partition coefficient (Wildman–Crippen LogP) is 3.16. The molecule has 0 radical (unpaired) electrons. The first-order chi connectivity index (χ1) is 7.83. The molecule has 3 nitrogen and oxygen atoms in total. The molecule has 0 bridgehead atoms. The number of benzene rings is 1. The van der Waals surface area contributed by atoms with E-state index in [-0.39, 0.29) is 0 Å². The number of hydrogen-bond acceptors (Lipinski definition) is 2. The van der Waals surface area contributed by atoms with Crippen LogP contribution in [0.4, 0.5) is 0 Å². The van der Waals surface area contributed by atoms with Crippen molar-refractivity contribution in [2.75, 3.05) is 0 Å². The molecular weight excluding hydrogens is 266 g/mol. The van der Waals surface area contributed by atoms with Gasteiger partial charge in [-0.3, -0.25) is 0 Å². The van der Waals surface area contributed by atoms with Crippen molar-refractivity contribution >= 4 is 21.4 Å². The fourth-order valence-corrected chi connectivity index (χ4v) is 1.86. The van der Waals surface area contributed by atoms with E-state index in [2.05, 4.69) is 26.1 Å². The first-order valence-corrected chi connectivity index (χ1v) is 5.69. The lowest BCUT2D eigenvalue weighted by atomic mass is 10.1. The lowest BCUT2D eigenvalue weighted by Gasteiger charge is -1.95. The van der Waals surface area contributed by atoms with Crippen molar-refractivity contribution in [2.45, 2.75) is 0 Å². The van der Waals surface area contributed by atoms with E-state index < -0.39 is 0 Å². The fourth-order valence-electron chi connectivity index (χ4n) is 1.60. The summed E-state index contributed by atoms with van der Waals surface area (Å²) >= 11 is 3.41. The third-order valence-corrected chi connectivity index (χ3v) is 2.92. The van der Waals surface area contributed by atoms with E-state index in [4.69, 9.17) is 0 Å². The van der Waals surface area contributed by atoms with Gasteiger partial charge in [0.15, 0.2) is 0 Å². The summed E-state index contributed by atoms with van der Waals surface area (Å²) in [6.45, 7) is 0. The Morgan fingerprint density at radius 1 is 1.06 bits per heavy atom. The molecule has 1 aromatic carbocycles. The van der Waals surface area contributed by atoms with Crippen molar-refractivity contribution in [3.63, 3.8) is 0 Å². The van der Waals surface area contributed by atoms with Crippen molar-refractivity contribution in [3.8, 4) is 11.3 Å². The maximum atomic E-state index is 4.40. The Labute approximate surface area is 101 Å². The lowest BCUT2D eigenvalue weighted by molar-refractivity contribution is 0.803. The molecule has 0 atom stereocenters. The molecule has 3 aromatic rings. The minimum absolute atomic E-state index is 0.936. The van der Waals surface area contributed by atoms with Crippen LogP contribution in [0.3, 0.4) is 0 Å². The van der Waals surface area contributed by atoms with E-state index in [1.807, 2.05) is 42.5 Å². The smallest absolute Gasteiger partial charge is 0.0951 e. The second-order valence-electron chi connectivity index (χ2n) is 3.47. The van der Waals surface area contributed by atoms with E-state index in [0.29, 0.717) is 0 Å². The zero-order chi connectivity index (χ0) is 11.0. The van der Waals surface area contributed by atoms with E-state index in [9.17, 15) is 0 Å². The van der Waals surface area contributed by atoms with Crippen LogP contribution in [0.15, 0.2) is 53.1 Å². The van der Waals surface area contributed by atoms with Gasteiger partial charge in [0.05, 0.1) is 11.2 Å². The monoisotopic (exact) mass is 273 g/mol. The molecule has 4 heteroatoms. The van der Waals surface area contributed by atoms with Crippen LogP contribution in [0.1, 0.15) is 0 Å². The summed E-state index contributed by atoms with van der Waals surface area (Å²) in [5.41, 5.74) is 3.03. The quantitative estimate of drug-likeness (QED) is 0.682. The average Bonchev–Trinajstić information content (AvgIpc) is 2.73. The lowest BCUT2D eigenvalue weighted by Crippen LogP contribution is -1.90. The van der Waals surface area contributed by atoms with Crippen LogP contribution in [0.2, 0.25) is 0 Å². The third kappa shape index (κ3) is 1.61. The summed E-state index contributed by atoms with van der Waals surface area (Å²) in [6.07, 6.45) is 1.73. The highest BCUT2D eigenvalue weighted by atomic mass is 79.9. The standard InChI is InChI=1S/C12H8BrN3/c13-10-5-3-9(4-6-10)12-8-11-2-1-7-14-16(11)15-12/h1-8H. The molecule has 0 fully saturated rings. The van der Waals surface area contributed by atoms with Gasteiger partial charge in [0, 0.05) is 16.2 Å². The Balaban J connectivity index is 2.15. The summed E-state index contributed by atoms with van der Waals surface area (Å²) in [5.74, 6) is 0. The molecule has 0 N–H and O–H groups in total. The average molecular weight is 274 g/mol. The molecule has 0 unspecified atom stereocenters. The number of hydrogen-bond donors (Lipinski definition) is 0. The summed E-state index contributed by atoms with van der Waals surface area (Å²) < 4.78 is 2.70. The van der Waals surface area contributed by atoms with Gasteiger partial charge in [-0.05, 0) is 30.3 Å².